The number of benzene rings is 1. The van der Waals surface area contributed by atoms with Crippen LogP contribution in [0, 0.1) is 19.8 Å². The van der Waals surface area contributed by atoms with Crippen LogP contribution in [0.1, 0.15) is 34.6 Å². The molecule has 0 N–H and O–H groups in total. The van der Waals surface area contributed by atoms with E-state index in [1.54, 1.807) is 0 Å². The lowest BCUT2D eigenvalue weighted by atomic mass is 9.70. The first-order chi connectivity index (χ1) is 7.00. The first kappa shape index (κ1) is 9.32. The zero-order valence-electron chi connectivity index (χ0n) is 8.98. The van der Waals surface area contributed by atoms with E-state index in [1.807, 2.05) is 19.9 Å². The average molecular weight is 208 g/mol. The van der Waals surface area contributed by atoms with E-state index in [0.717, 1.165) is 17.5 Å². The zero-order chi connectivity index (χ0) is 10.8. The highest BCUT2D eigenvalue weighted by Gasteiger charge is 2.60. The van der Waals surface area contributed by atoms with Crippen LogP contribution in [0.5, 0.6) is 0 Å². The first-order valence-electron chi connectivity index (χ1n) is 5.47. The Morgan fingerprint density at radius 3 is 2.53 bits per heavy atom. The molecule has 0 amide bonds. The van der Waals surface area contributed by atoms with E-state index in [0.29, 0.717) is 0 Å². The van der Waals surface area contributed by atoms with E-state index in [2.05, 4.69) is 6.07 Å². The molecule has 2 aliphatic rings. The number of alkyl halides is 2. The number of hydrogen-bond acceptors (Lipinski definition) is 0. The number of halogens is 2. The predicted molar refractivity (Wildman–Crippen MR) is 55.4 cm³/mol. The van der Waals surface area contributed by atoms with Crippen molar-refractivity contribution in [1.82, 2.24) is 0 Å². The molecule has 0 aromatic heterocycles. The van der Waals surface area contributed by atoms with Gasteiger partial charge in [-0.3, -0.25) is 0 Å². The minimum absolute atomic E-state index is 0.0885. The van der Waals surface area contributed by atoms with Crippen molar-refractivity contribution in [2.45, 2.75) is 38.5 Å². The summed E-state index contributed by atoms with van der Waals surface area (Å²) in [6.45, 7) is 3.98. The van der Waals surface area contributed by atoms with Crippen LogP contribution in [0.25, 0.3) is 0 Å². The van der Waals surface area contributed by atoms with Crippen LogP contribution in [-0.4, -0.2) is 5.92 Å². The molecule has 0 aliphatic heterocycles. The van der Waals surface area contributed by atoms with Crippen molar-refractivity contribution >= 4 is 0 Å². The summed E-state index contributed by atoms with van der Waals surface area (Å²) in [5, 5.41) is 0. The smallest absolute Gasteiger partial charge is 0.206 e. The Hall–Kier alpha value is -0.920. The second-order valence-corrected chi connectivity index (χ2v) is 5.00. The molecule has 0 saturated heterocycles. The second-order valence-electron chi connectivity index (χ2n) is 5.00. The maximum absolute atomic E-state index is 13.5. The molecular formula is C13H14F2. The molecule has 2 unspecified atom stereocenters. The maximum atomic E-state index is 13.5. The van der Waals surface area contributed by atoms with E-state index in [-0.39, 0.29) is 12.3 Å². The summed E-state index contributed by atoms with van der Waals surface area (Å²) in [6, 6.07) is 4.03. The van der Waals surface area contributed by atoms with Gasteiger partial charge >= 0.3 is 0 Å². The van der Waals surface area contributed by atoms with Gasteiger partial charge in [0.05, 0.1) is 5.92 Å². The van der Waals surface area contributed by atoms with Crippen molar-refractivity contribution in [3.05, 3.63) is 34.4 Å². The molecule has 0 spiro atoms. The van der Waals surface area contributed by atoms with E-state index >= 15 is 0 Å². The maximum Gasteiger partial charge on any atom is 0.255 e. The molecule has 3 rings (SSSR count). The molecule has 1 aromatic rings. The van der Waals surface area contributed by atoms with Crippen LogP contribution in [0.2, 0.25) is 0 Å². The van der Waals surface area contributed by atoms with E-state index in [4.69, 9.17) is 0 Å². The van der Waals surface area contributed by atoms with Crippen LogP contribution in [0.4, 0.5) is 8.78 Å². The Morgan fingerprint density at radius 2 is 1.87 bits per heavy atom. The van der Waals surface area contributed by atoms with Crippen LogP contribution < -0.4 is 0 Å². The highest BCUT2D eigenvalue weighted by Crippen LogP contribution is 2.61. The van der Waals surface area contributed by atoms with E-state index < -0.39 is 11.8 Å². The molecule has 0 nitrogen and oxygen atoms in total. The second kappa shape index (κ2) is 2.60. The number of hydrogen-bond donors (Lipinski definition) is 0. The quantitative estimate of drug-likeness (QED) is 0.611. The monoisotopic (exact) mass is 208 g/mol. The molecule has 0 heterocycles. The fourth-order valence-corrected chi connectivity index (χ4v) is 3.27. The van der Waals surface area contributed by atoms with Crippen molar-refractivity contribution < 1.29 is 8.78 Å². The van der Waals surface area contributed by atoms with Gasteiger partial charge in [-0.25, -0.2) is 8.78 Å². The lowest BCUT2D eigenvalue weighted by Gasteiger charge is -2.40. The Labute approximate surface area is 88.3 Å². The lowest BCUT2D eigenvalue weighted by Crippen LogP contribution is -2.43. The van der Waals surface area contributed by atoms with Gasteiger partial charge in [0, 0.05) is 6.42 Å². The van der Waals surface area contributed by atoms with Crippen molar-refractivity contribution in [3.8, 4) is 0 Å². The van der Waals surface area contributed by atoms with Crippen LogP contribution in [-0.2, 0) is 6.42 Å². The van der Waals surface area contributed by atoms with Crippen molar-refractivity contribution in [3.63, 3.8) is 0 Å². The summed E-state index contributed by atoms with van der Waals surface area (Å²) in [5.41, 5.74) is 4.38. The van der Waals surface area contributed by atoms with Gasteiger partial charge in [0.1, 0.15) is 0 Å². The van der Waals surface area contributed by atoms with Crippen LogP contribution in [0.3, 0.4) is 0 Å². The van der Waals surface area contributed by atoms with Gasteiger partial charge in [-0.05, 0) is 48.4 Å². The summed E-state index contributed by atoms with van der Waals surface area (Å²) < 4.78 is 27.0. The summed E-state index contributed by atoms with van der Waals surface area (Å²) >= 11 is 0. The van der Waals surface area contributed by atoms with Gasteiger partial charge in [0.2, 0.25) is 0 Å². The SMILES string of the molecule is Cc1ccc(C)c2c1CC1CC(F)(F)C21. The lowest BCUT2D eigenvalue weighted by molar-refractivity contribution is -0.129. The highest BCUT2D eigenvalue weighted by molar-refractivity contribution is 5.49. The largest absolute Gasteiger partial charge is 0.255 e. The standard InChI is InChI=1S/C13H14F2/c1-7-3-4-8(2)11-10(7)5-9-6-13(14,15)12(9)11/h3-4,9,12H,5-6H2,1-2H3. The number of fused-ring (bicyclic) bond motifs is 3. The first-order valence-corrected chi connectivity index (χ1v) is 5.47. The van der Waals surface area contributed by atoms with Crippen LogP contribution >= 0.6 is 0 Å². The third-order valence-corrected chi connectivity index (χ3v) is 4.05. The fraction of sp³-hybridized carbons (Fsp3) is 0.538. The number of rotatable bonds is 0. The van der Waals surface area contributed by atoms with Gasteiger partial charge in [-0.2, -0.15) is 0 Å². The third kappa shape index (κ3) is 1.05. The van der Waals surface area contributed by atoms with E-state index in [9.17, 15) is 8.78 Å². The summed E-state index contributed by atoms with van der Waals surface area (Å²) in [7, 11) is 0. The zero-order valence-corrected chi connectivity index (χ0v) is 8.98. The topological polar surface area (TPSA) is 0 Å². The molecule has 2 aliphatic carbocycles. The van der Waals surface area contributed by atoms with Gasteiger partial charge in [0.25, 0.3) is 5.92 Å². The molecule has 1 fully saturated rings. The molecule has 80 valence electrons. The predicted octanol–water partition coefficient (Wildman–Crippen LogP) is 3.60. The molecular weight excluding hydrogens is 194 g/mol. The Bertz CT molecular complexity index is 434. The van der Waals surface area contributed by atoms with Crippen molar-refractivity contribution in [1.29, 1.82) is 0 Å². The minimum atomic E-state index is -2.45. The fourth-order valence-electron chi connectivity index (χ4n) is 3.27. The molecule has 2 heteroatoms. The van der Waals surface area contributed by atoms with Crippen molar-refractivity contribution in [2.75, 3.05) is 0 Å². The highest BCUT2D eigenvalue weighted by atomic mass is 19.3. The van der Waals surface area contributed by atoms with Gasteiger partial charge in [-0.1, -0.05) is 12.1 Å². The molecule has 1 saturated carbocycles. The van der Waals surface area contributed by atoms with Gasteiger partial charge in [0.15, 0.2) is 0 Å². The summed E-state index contributed by atoms with van der Waals surface area (Å²) in [6.07, 6.45) is 0.953. The molecule has 0 bridgehead atoms. The Balaban J connectivity index is 2.18. The molecule has 2 atom stereocenters. The minimum Gasteiger partial charge on any atom is -0.206 e. The molecule has 15 heavy (non-hydrogen) atoms. The third-order valence-electron chi connectivity index (χ3n) is 4.05. The Morgan fingerprint density at radius 1 is 1.20 bits per heavy atom. The van der Waals surface area contributed by atoms with Gasteiger partial charge < -0.3 is 0 Å². The summed E-state index contributed by atoms with van der Waals surface area (Å²) in [4.78, 5) is 0. The van der Waals surface area contributed by atoms with Crippen molar-refractivity contribution in [2.24, 2.45) is 5.92 Å². The van der Waals surface area contributed by atoms with Crippen LogP contribution in [0.15, 0.2) is 12.1 Å². The van der Waals surface area contributed by atoms with Gasteiger partial charge in [-0.15, -0.1) is 0 Å². The summed E-state index contributed by atoms with van der Waals surface area (Å²) in [5.74, 6) is -2.73. The molecule has 1 aromatic carbocycles. The van der Waals surface area contributed by atoms with E-state index in [1.165, 1.54) is 11.1 Å². The average Bonchev–Trinajstić information content (AvgIpc) is 2.47. The Kier molecular flexibility index (Phi) is 1.62. The normalized spacial score (nSPS) is 30.7. The molecule has 0 radical (unpaired) electrons. The number of aryl methyl sites for hydroxylation is 2.